The smallest absolute Gasteiger partial charge is 0.237 e. The van der Waals surface area contributed by atoms with Crippen LogP contribution in [0.3, 0.4) is 0 Å². The number of anilines is 1. The lowest BCUT2D eigenvalue weighted by Gasteiger charge is -2.39. The first-order chi connectivity index (χ1) is 11.0. The fraction of sp³-hybridized carbons (Fsp3) is 0.611. The van der Waals surface area contributed by atoms with E-state index in [0.29, 0.717) is 5.92 Å². The molecule has 0 aromatic heterocycles. The molecule has 1 saturated heterocycles. The molecule has 1 fully saturated rings. The van der Waals surface area contributed by atoms with Crippen molar-refractivity contribution in [1.29, 1.82) is 0 Å². The van der Waals surface area contributed by atoms with Crippen LogP contribution in [0.1, 0.15) is 20.8 Å². The van der Waals surface area contributed by atoms with E-state index in [-0.39, 0.29) is 11.9 Å². The van der Waals surface area contributed by atoms with Crippen LogP contribution in [0.15, 0.2) is 24.3 Å². The highest BCUT2D eigenvalue weighted by molar-refractivity contribution is 5.81. The van der Waals surface area contributed by atoms with Crippen molar-refractivity contribution in [2.45, 2.75) is 26.8 Å². The molecule has 1 aliphatic rings. The van der Waals surface area contributed by atoms with Crippen molar-refractivity contribution in [3.63, 3.8) is 0 Å². The maximum Gasteiger partial charge on any atom is 0.237 e. The summed E-state index contributed by atoms with van der Waals surface area (Å²) in [4.78, 5) is 16.8. The van der Waals surface area contributed by atoms with Crippen LogP contribution in [0.5, 0.6) is 5.75 Å². The van der Waals surface area contributed by atoms with E-state index in [0.717, 1.165) is 44.2 Å². The van der Waals surface area contributed by atoms with Crippen molar-refractivity contribution in [2.24, 2.45) is 5.92 Å². The zero-order valence-electron chi connectivity index (χ0n) is 14.7. The van der Waals surface area contributed by atoms with Gasteiger partial charge >= 0.3 is 0 Å². The van der Waals surface area contributed by atoms with E-state index in [2.05, 4.69) is 35.0 Å². The van der Waals surface area contributed by atoms with Gasteiger partial charge in [0.15, 0.2) is 0 Å². The summed E-state index contributed by atoms with van der Waals surface area (Å²) in [6.07, 6.45) is 0. The quantitative estimate of drug-likeness (QED) is 0.871. The molecule has 5 heteroatoms. The van der Waals surface area contributed by atoms with Gasteiger partial charge in [-0.15, -0.1) is 0 Å². The highest BCUT2D eigenvalue weighted by Crippen LogP contribution is 2.28. The van der Waals surface area contributed by atoms with Gasteiger partial charge in [-0.2, -0.15) is 0 Å². The maximum absolute atomic E-state index is 12.2. The van der Waals surface area contributed by atoms with Crippen LogP contribution < -0.4 is 15.0 Å². The highest BCUT2D eigenvalue weighted by Gasteiger charge is 2.26. The standard InChI is InChI=1S/C18H29N3O2/c1-14(2)13-19-18(22)15(3)20-9-11-21(12-10-20)16-7-5-6-8-17(16)23-4/h5-8,14-15H,9-13H2,1-4H3,(H,19,22)/t15-/m0/s1. The molecule has 23 heavy (non-hydrogen) atoms. The van der Waals surface area contributed by atoms with Crippen LogP contribution in [0.25, 0.3) is 0 Å². The molecule has 0 spiro atoms. The Morgan fingerprint density at radius 1 is 1.17 bits per heavy atom. The Morgan fingerprint density at radius 3 is 2.43 bits per heavy atom. The SMILES string of the molecule is COc1ccccc1N1CCN([C@@H](C)C(=O)NCC(C)C)CC1. The van der Waals surface area contributed by atoms with Gasteiger partial charge in [0.2, 0.25) is 5.91 Å². The van der Waals surface area contributed by atoms with Gasteiger partial charge in [-0.05, 0) is 25.0 Å². The van der Waals surface area contributed by atoms with Gasteiger partial charge in [0.1, 0.15) is 5.75 Å². The van der Waals surface area contributed by atoms with E-state index in [1.54, 1.807) is 7.11 Å². The summed E-state index contributed by atoms with van der Waals surface area (Å²) in [6.45, 7) is 10.5. The Balaban J connectivity index is 1.89. The molecule has 1 aromatic rings. The fourth-order valence-electron chi connectivity index (χ4n) is 2.86. The maximum atomic E-state index is 12.2. The van der Waals surface area contributed by atoms with Crippen LogP contribution in [-0.4, -0.2) is 56.7 Å². The third-order valence-electron chi connectivity index (χ3n) is 4.35. The van der Waals surface area contributed by atoms with Gasteiger partial charge in [-0.3, -0.25) is 9.69 Å². The predicted molar refractivity (Wildman–Crippen MR) is 94.1 cm³/mol. The molecule has 1 aliphatic heterocycles. The van der Waals surface area contributed by atoms with Crippen LogP contribution in [-0.2, 0) is 4.79 Å². The van der Waals surface area contributed by atoms with Crippen LogP contribution in [0, 0.1) is 5.92 Å². The molecule has 1 atom stereocenters. The van der Waals surface area contributed by atoms with Gasteiger partial charge in [-0.1, -0.05) is 26.0 Å². The molecule has 1 heterocycles. The summed E-state index contributed by atoms with van der Waals surface area (Å²) in [6, 6.07) is 8.02. The van der Waals surface area contributed by atoms with E-state index in [1.807, 2.05) is 25.1 Å². The number of hydrogen-bond donors (Lipinski definition) is 1. The summed E-state index contributed by atoms with van der Waals surface area (Å²) < 4.78 is 5.45. The molecule has 1 aromatic carbocycles. The minimum Gasteiger partial charge on any atom is -0.495 e. The minimum atomic E-state index is -0.0754. The normalized spacial score (nSPS) is 17.2. The lowest BCUT2D eigenvalue weighted by molar-refractivity contribution is -0.126. The van der Waals surface area contributed by atoms with Gasteiger partial charge < -0.3 is 15.0 Å². The summed E-state index contributed by atoms with van der Waals surface area (Å²) in [5.41, 5.74) is 1.13. The van der Waals surface area contributed by atoms with Crippen LogP contribution >= 0.6 is 0 Å². The number of hydrogen-bond acceptors (Lipinski definition) is 4. The number of piperazine rings is 1. The van der Waals surface area contributed by atoms with Crippen LogP contribution in [0.4, 0.5) is 5.69 Å². The third-order valence-corrected chi connectivity index (χ3v) is 4.35. The number of carbonyl (C=O) groups excluding carboxylic acids is 1. The number of carbonyl (C=O) groups is 1. The van der Waals surface area contributed by atoms with Gasteiger partial charge in [0, 0.05) is 32.7 Å². The molecule has 1 amide bonds. The minimum absolute atomic E-state index is 0.0754. The number of nitrogens with zero attached hydrogens (tertiary/aromatic N) is 2. The van der Waals surface area contributed by atoms with Crippen molar-refractivity contribution in [3.05, 3.63) is 24.3 Å². The van der Waals surface area contributed by atoms with E-state index in [1.165, 1.54) is 0 Å². The average molecular weight is 319 g/mol. The Kier molecular flexibility index (Phi) is 6.28. The first kappa shape index (κ1) is 17.6. The summed E-state index contributed by atoms with van der Waals surface area (Å²) in [7, 11) is 1.70. The molecular formula is C18H29N3O2. The van der Waals surface area contributed by atoms with Crippen molar-refractivity contribution in [2.75, 3.05) is 44.7 Å². The van der Waals surface area contributed by atoms with E-state index >= 15 is 0 Å². The Bertz CT molecular complexity index is 511. The summed E-state index contributed by atoms with van der Waals surface area (Å²) >= 11 is 0. The number of ether oxygens (including phenoxy) is 1. The first-order valence-electron chi connectivity index (χ1n) is 8.42. The molecule has 0 bridgehead atoms. The van der Waals surface area contributed by atoms with Gasteiger partial charge in [0.25, 0.3) is 0 Å². The average Bonchev–Trinajstić information content (AvgIpc) is 2.59. The van der Waals surface area contributed by atoms with E-state index in [9.17, 15) is 4.79 Å². The molecule has 1 N–H and O–H groups in total. The topological polar surface area (TPSA) is 44.8 Å². The molecule has 0 radical (unpaired) electrons. The summed E-state index contributed by atoms with van der Waals surface area (Å²) in [5, 5.41) is 3.03. The highest BCUT2D eigenvalue weighted by atomic mass is 16.5. The van der Waals surface area contributed by atoms with Crippen LogP contribution in [0.2, 0.25) is 0 Å². The van der Waals surface area contributed by atoms with Crippen molar-refractivity contribution < 1.29 is 9.53 Å². The van der Waals surface area contributed by atoms with Gasteiger partial charge in [0.05, 0.1) is 18.8 Å². The molecule has 5 nitrogen and oxygen atoms in total. The Labute approximate surface area is 139 Å². The predicted octanol–water partition coefficient (Wildman–Crippen LogP) is 1.98. The summed E-state index contributed by atoms with van der Waals surface area (Å²) in [5.74, 6) is 1.52. The van der Waals surface area contributed by atoms with E-state index < -0.39 is 0 Å². The Morgan fingerprint density at radius 2 is 1.83 bits per heavy atom. The molecular weight excluding hydrogens is 290 g/mol. The zero-order chi connectivity index (χ0) is 16.8. The molecule has 128 valence electrons. The number of para-hydroxylation sites is 2. The number of nitrogens with one attached hydrogen (secondary N) is 1. The second kappa shape index (κ2) is 8.20. The first-order valence-corrected chi connectivity index (χ1v) is 8.42. The fourth-order valence-corrected chi connectivity index (χ4v) is 2.86. The molecule has 0 saturated carbocycles. The molecule has 0 unspecified atom stereocenters. The van der Waals surface area contributed by atoms with Crippen molar-refractivity contribution >= 4 is 11.6 Å². The third kappa shape index (κ3) is 4.61. The number of methoxy groups -OCH3 is 1. The second-order valence-corrected chi connectivity index (χ2v) is 6.51. The monoisotopic (exact) mass is 319 g/mol. The second-order valence-electron chi connectivity index (χ2n) is 6.51. The largest absolute Gasteiger partial charge is 0.495 e. The Hall–Kier alpha value is -1.75. The molecule has 2 rings (SSSR count). The van der Waals surface area contributed by atoms with E-state index in [4.69, 9.17) is 4.74 Å². The van der Waals surface area contributed by atoms with Gasteiger partial charge in [-0.25, -0.2) is 0 Å². The number of rotatable bonds is 6. The zero-order valence-corrected chi connectivity index (χ0v) is 14.7. The van der Waals surface area contributed by atoms with Crippen molar-refractivity contribution in [3.8, 4) is 5.75 Å². The number of benzene rings is 1. The lowest BCUT2D eigenvalue weighted by Crippen LogP contribution is -2.54. The lowest BCUT2D eigenvalue weighted by atomic mass is 10.1. The number of amides is 1. The van der Waals surface area contributed by atoms with Crippen molar-refractivity contribution in [1.82, 2.24) is 10.2 Å². The molecule has 0 aliphatic carbocycles.